The topological polar surface area (TPSA) is 231 Å². The van der Waals surface area contributed by atoms with E-state index in [4.69, 9.17) is 32.7 Å². The average molecular weight is 1000 g/mol. The van der Waals surface area contributed by atoms with Crippen molar-refractivity contribution in [3.05, 3.63) is 109 Å². The van der Waals surface area contributed by atoms with Gasteiger partial charge in [-0.15, -0.1) is 0 Å². The van der Waals surface area contributed by atoms with Crippen LogP contribution < -0.4 is 18.1 Å². The number of nitrogens with zero attached hydrogens (tertiary/aromatic N) is 10. The highest BCUT2D eigenvalue weighted by molar-refractivity contribution is 7.92. The molecule has 2 amide bonds. The lowest BCUT2D eigenvalue weighted by molar-refractivity contribution is 0.0753. The first-order chi connectivity index (χ1) is 30.8. The van der Waals surface area contributed by atoms with Crippen LogP contribution in [0.5, 0.6) is 17.2 Å². The number of benzene rings is 3. The Morgan fingerprint density at radius 3 is 1.69 bits per heavy atom. The molecule has 25 heteroatoms. The molecule has 0 radical (unpaired) electrons. The van der Waals surface area contributed by atoms with Gasteiger partial charge in [-0.2, -0.15) is 8.75 Å². The van der Waals surface area contributed by atoms with Crippen LogP contribution in [-0.4, -0.2) is 106 Å². The summed E-state index contributed by atoms with van der Waals surface area (Å²) in [6.45, 7) is 0.602. The van der Waals surface area contributed by atoms with Crippen LogP contribution in [-0.2, 0) is 52.8 Å². The lowest BCUT2D eigenvalue weighted by Gasteiger charge is -2.23. The molecule has 0 fully saturated rings. The fourth-order valence-electron chi connectivity index (χ4n) is 7.51. The van der Waals surface area contributed by atoms with E-state index in [2.05, 4.69) is 28.7 Å². The van der Waals surface area contributed by atoms with Crippen molar-refractivity contribution in [1.82, 2.24) is 38.5 Å². The van der Waals surface area contributed by atoms with Crippen LogP contribution in [0.4, 0.5) is 11.4 Å². The monoisotopic (exact) mass is 998 g/mol. The molecule has 0 atom stereocenters. The average Bonchev–Trinajstić information content (AvgIpc) is 4.05. The first-order valence-corrected chi connectivity index (χ1v) is 25.1. The van der Waals surface area contributed by atoms with E-state index in [0.717, 1.165) is 45.4 Å². The largest absolute Gasteiger partial charge is 0.505 e. The minimum absolute atomic E-state index is 0.0398. The predicted octanol–water partition coefficient (Wildman–Crippen LogP) is 5.88. The zero-order chi connectivity index (χ0) is 46.5. The maximum atomic E-state index is 13.7. The summed E-state index contributed by atoms with van der Waals surface area (Å²) in [5.41, 5.74) is 3.38. The van der Waals surface area contributed by atoms with Gasteiger partial charge in [0.2, 0.25) is 29.0 Å². The normalized spacial score (nSPS) is 13.5. The molecule has 19 nitrogen and oxygen atoms in total. The SMILES string of the molecule is CN(c1c2c(c(O)c3ncccc13)C(=O)N(Cc1nsc(Cl)n1)C2)S(C)(=O)=O.COc1ccc(COc2c3c(c(N(C)S(C)(=O)=O)c4cccnc24)CN(Cc2nsc(Cl)n2)C3=O)cc1. The number of fused-ring (bicyclic) bond motifs is 4. The molecule has 6 heterocycles. The van der Waals surface area contributed by atoms with Crippen LogP contribution in [0.25, 0.3) is 21.8 Å². The summed E-state index contributed by atoms with van der Waals surface area (Å²) in [7, 11) is -2.81. The summed E-state index contributed by atoms with van der Waals surface area (Å²) < 4.78 is 72.2. The quantitative estimate of drug-likeness (QED) is 0.151. The third-order valence-electron chi connectivity index (χ3n) is 10.6. The Labute approximate surface area is 390 Å². The van der Waals surface area contributed by atoms with E-state index in [1.807, 2.05) is 24.3 Å². The Bertz CT molecular complexity index is 3260. The van der Waals surface area contributed by atoms with Crippen LogP contribution >= 0.6 is 46.3 Å². The van der Waals surface area contributed by atoms with E-state index in [-0.39, 0.29) is 70.0 Å². The molecule has 0 saturated heterocycles. The number of aromatic hydroxyl groups is 1. The van der Waals surface area contributed by atoms with Gasteiger partial charge < -0.3 is 24.4 Å². The van der Waals surface area contributed by atoms with Gasteiger partial charge >= 0.3 is 0 Å². The molecule has 0 unspecified atom stereocenters. The van der Waals surface area contributed by atoms with Crippen molar-refractivity contribution in [2.75, 3.05) is 42.3 Å². The zero-order valence-corrected chi connectivity index (χ0v) is 39.7. The molecule has 0 bridgehead atoms. The van der Waals surface area contributed by atoms with E-state index in [1.165, 1.54) is 29.5 Å². The number of methoxy groups -OCH3 is 1. The molecular weight excluding hydrogens is 964 g/mol. The molecular formula is C40H36Cl2N10O9S4. The molecule has 9 rings (SSSR count). The number of hydrogen-bond donors (Lipinski definition) is 1. The molecule has 2 aliphatic heterocycles. The maximum Gasteiger partial charge on any atom is 0.258 e. The number of amides is 2. The van der Waals surface area contributed by atoms with Gasteiger partial charge in [-0.25, -0.2) is 26.8 Å². The number of phenols is 1. The number of sulfonamides is 2. The van der Waals surface area contributed by atoms with Crippen molar-refractivity contribution in [2.45, 2.75) is 32.8 Å². The lowest BCUT2D eigenvalue weighted by atomic mass is 10.0. The van der Waals surface area contributed by atoms with Crippen molar-refractivity contribution in [1.29, 1.82) is 0 Å². The fraction of sp³-hybridized carbons (Fsp3) is 0.250. The van der Waals surface area contributed by atoms with Crippen LogP contribution in [0.3, 0.4) is 0 Å². The van der Waals surface area contributed by atoms with Gasteiger partial charge in [0, 0.05) is 61.5 Å². The summed E-state index contributed by atoms with van der Waals surface area (Å²) in [6, 6.07) is 14.2. The zero-order valence-electron chi connectivity index (χ0n) is 34.9. The van der Waals surface area contributed by atoms with E-state index in [9.17, 15) is 31.5 Å². The Morgan fingerprint density at radius 2 is 1.22 bits per heavy atom. The minimum Gasteiger partial charge on any atom is -0.505 e. The van der Waals surface area contributed by atoms with Crippen molar-refractivity contribution in [3.63, 3.8) is 0 Å². The minimum atomic E-state index is -3.65. The Hall–Kier alpha value is -5.98. The highest BCUT2D eigenvalue weighted by Crippen LogP contribution is 2.46. The maximum absolute atomic E-state index is 13.7. The number of pyridine rings is 2. The molecule has 0 saturated carbocycles. The molecule has 2 aliphatic rings. The molecule has 4 aromatic heterocycles. The highest BCUT2D eigenvalue weighted by atomic mass is 35.5. The lowest BCUT2D eigenvalue weighted by Crippen LogP contribution is -2.26. The van der Waals surface area contributed by atoms with Gasteiger partial charge in [0.05, 0.1) is 55.2 Å². The van der Waals surface area contributed by atoms with Gasteiger partial charge in [0.15, 0.2) is 23.1 Å². The molecule has 0 aliphatic carbocycles. The number of phenolic OH excluding ortho intramolecular Hbond substituents is 1. The smallest absolute Gasteiger partial charge is 0.258 e. The summed E-state index contributed by atoms with van der Waals surface area (Å²) in [5, 5.41) is 11.7. The van der Waals surface area contributed by atoms with Gasteiger partial charge in [0.25, 0.3) is 11.8 Å². The Morgan fingerprint density at radius 1 is 0.738 bits per heavy atom. The third-order valence-corrected chi connectivity index (χ3v) is 14.6. The molecule has 338 valence electrons. The van der Waals surface area contributed by atoms with Crippen molar-refractivity contribution in [2.24, 2.45) is 0 Å². The highest BCUT2D eigenvalue weighted by Gasteiger charge is 2.39. The molecule has 3 aromatic carbocycles. The number of hydrogen-bond acceptors (Lipinski definition) is 17. The number of halogens is 2. The van der Waals surface area contributed by atoms with Gasteiger partial charge in [0.1, 0.15) is 23.4 Å². The van der Waals surface area contributed by atoms with Gasteiger partial charge in [-0.05, 0) is 88.2 Å². The third kappa shape index (κ3) is 8.90. The van der Waals surface area contributed by atoms with E-state index in [1.54, 1.807) is 42.5 Å². The van der Waals surface area contributed by atoms with E-state index < -0.39 is 26.0 Å². The molecule has 65 heavy (non-hydrogen) atoms. The number of anilines is 2. The summed E-state index contributed by atoms with van der Waals surface area (Å²) >= 11 is 13.8. The van der Waals surface area contributed by atoms with Crippen LogP contribution in [0, 0.1) is 0 Å². The second kappa shape index (κ2) is 17.8. The molecule has 7 aromatic rings. The Balaban J connectivity index is 0.000000184. The van der Waals surface area contributed by atoms with Crippen LogP contribution in [0.15, 0.2) is 60.9 Å². The Kier molecular flexibility index (Phi) is 12.5. The van der Waals surface area contributed by atoms with Crippen LogP contribution in [0.2, 0.25) is 8.93 Å². The number of carbonyl (C=O) groups is 2. The second-order valence-corrected chi connectivity index (χ2v) is 21.4. The van der Waals surface area contributed by atoms with Crippen molar-refractivity contribution in [3.8, 4) is 17.2 Å². The number of ether oxygens (including phenoxy) is 2. The standard InChI is InChI=1S/C24H22ClN5O5S2.C16H14ClN5O4S2/c1-29(37(3,32)33)21-16-5-4-10-26-20(16)22(35-13-14-6-8-15(34-2)9-7-14)19-17(21)11-30(23(19)31)12-18-27-24(25)36-28-18;1-21(28(2,25)26)13-8-4-3-5-18-12(8)14(23)11-9(13)6-22(15(11)24)7-10-19-16(17)27-20-10/h4-10H,11-13H2,1-3H3;3-5,23H,6-7H2,1-2H3. The number of aromatic nitrogens is 6. The van der Waals surface area contributed by atoms with E-state index in [0.29, 0.717) is 61.9 Å². The first kappa shape index (κ1) is 45.6. The number of carbonyl (C=O) groups excluding carboxylic acids is 2. The fourth-order valence-corrected chi connectivity index (χ4v) is 9.84. The van der Waals surface area contributed by atoms with Gasteiger partial charge in [-0.3, -0.25) is 28.2 Å². The van der Waals surface area contributed by atoms with Gasteiger partial charge in [-0.1, -0.05) is 12.1 Å². The summed E-state index contributed by atoms with van der Waals surface area (Å²) in [6.07, 6.45) is 5.24. The molecule has 1 N–H and O–H groups in total. The van der Waals surface area contributed by atoms with E-state index >= 15 is 0 Å². The predicted molar refractivity (Wildman–Crippen MR) is 246 cm³/mol. The first-order valence-electron chi connectivity index (χ1n) is 19.1. The van der Waals surface area contributed by atoms with Crippen molar-refractivity contribution < 1.29 is 41.0 Å². The van der Waals surface area contributed by atoms with Crippen molar-refractivity contribution >= 4 is 111 Å². The number of rotatable bonds is 12. The second-order valence-electron chi connectivity index (χ2n) is 14.7. The van der Waals surface area contributed by atoms with Crippen LogP contribution in [0.1, 0.15) is 49.1 Å². The molecule has 0 spiro atoms. The summed E-state index contributed by atoms with van der Waals surface area (Å²) in [4.78, 5) is 46.5. The summed E-state index contributed by atoms with van der Waals surface area (Å²) in [5.74, 6) is 0.729.